The van der Waals surface area contributed by atoms with Crippen LogP contribution in [0.1, 0.15) is 26.5 Å². The summed E-state index contributed by atoms with van der Waals surface area (Å²) < 4.78 is 41.2. The number of pyridine rings is 2. The number of amides is 2. The fourth-order valence-corrected chi connectivity index (χ4v) is 7.87. The first-order chi connectivity index (χ1) is 33.9. The molecule has 0 fully saturated rings. The molecule has 3 aromatic carbocycles. The number of rotatable bonds is 11. The highest BCUT2D eigenvalue weighted by Crippen LogP contribution is 2.36. The van der Waals surface area contributed by atoms with E-state index in [-0.39, 0.29) is 17.4 Å². The lowest BCUT2D eigenvalue weighted by atomic mass is 10.1. The predicted molar refractivity (Wildman–Crippen MR) is 257 cm³/mol. The van der Waals surface area contributed by atoms with Gasteiger partial charge in [0.15, 0.2) is 11.6 Å². The second kappa shape index (κ2) is 17.1. The first kappa shape index (κ1) is 42.8. The van der Waals surface area contributed by atoms with Gasteiger partial charge in [-0.2, -0.15) is 23.4 Å². The highest BCUT2D eigenvalue weighted by molar-refractivity contribution is 6.06. The van der Waals surface area contributed by atoms with Gasteiger partial charge in [0.25, 0.3) is 11.8 Å². The van der Waals surface area contributed by atoms with E-state index in [0.717, 1.165) is 39.0 Å². The van der Waals surface area contributed by atoms with Crippen LogP contribution in [0, 0.1) is 0 Å². The van der Waals surface area contributed by atoms with Crippen molar-refractivity contribution in [2.45, 2.75) is 6.18 Å². The van der Waals surface area contributed by atoms with E-state index >= 15 is 0 Å². The first-order valence-electron chi connectivity index (χ1n) is 21.4. The topological polar surface area (TPSA) is 240 Å². The molecule has 8 heterocycles. The number of aromatic amines is 4. The standard InChI is InChI=1S/C49H35F3N16O2/c1-68(2)48(70)41-17-26-3-5-27(18-38(26)60-41)45-54-14-12-42(65-45)61-36-10-9-33(30-22-55-56-23-30)62-44(36)39-20-43(58-31-7-8-34-29(15-31)21-57-67-34)66-46(63-39)28-6-4-25-16-40(59-37(25)19-28)47(69)64-35-11-13-53-24-32(35)49(50,51)52/h3-24,59-60H,1-2H3,(H,55,56)(H,57,67)(H,53,64,69)(H,54,61,65)(H,58,63,66). The number of nitrogens with zero attached hydrogens (tertiary/aromatic N) is 9. The van der Waals surface area contributed by atoms with Crippen LogP contribution in [0.15, 0.2) is 134 Å². The van der Waals surface area contributed by atoms with Gasteiger partial charge in [-0.05, 0) is 66.7 Å². The number of benzene rings is 3. The SMILES string of the molecule is CN(C)C(=O)c1cc2ccc(-c3nccc(Nc4ccc(-c5cn[nH]c5)nc4-c4cc(Nc5ccc6[nH]ncc6c5)nc(-c5ccc6cc(C(=O)Nc7ccncc7C(F)(F)F)[nH]c6c5)n4)n3)cc2[nH]1. The van der Waals surface area contributed by atoms with Gasteiger partial charge in [-0.3, -0.25) is 24.8 Å². The maximum atomic E-state index is 13.7. The van der Waals surface area contributed by atoms with E-state index in [1.54, 1.807) is 81.3 Å². The normalized spacial score (nSPS) is 11.6. The van der Waals surface area contributed by atoms with Crippen molar-refractivity contribution in [1.29, 1.82) is 0 Å². The number of nitrogens with one attached hydrogen (secondary N) is 7. The Morgan fingerprint density at radius 3 is 2.16 bits per heavy atom. The summed E-state index contributed by atoms with van der Waals surface area (Å²) in [5.74, 6) is 0.652. The van der Waals surface area contributed by atoms with Gasteiger partial charge in [0.05, 0.1) is 46.2 Å². The van der Waals surface area contributed by atoms with Crippen molar-refractivity contribution in [2.75, 3.05) is 30.0 Å². The number of anilines is 5. The van der Waals surface area contributed by atoms with Crippen molar-refractivity contribution < 1.29 is 22.8 Å². The van der Waals surface area contributed by atoms with E-state index in [1.807, 2.05) is 48.5 Å². The number of fused-ring (bicyclic) bond motifs is 3. The van der Waals surface area contributed by atoms with E-state index in [9.17, 15) is 22.8 Å². The molecule has 0 aliphatic rings. The van der Waals surface area contributed by atoms with Gasteiger partial charge in [-0.25, -0.2) is 24.9 Å². The smallest absolute Gasteiger partial charge is 0.351 e. The first-order valence-corrected chi connectivity index (χ1v) is 21.4. The maximum absolute atomic E-state index is 13.7. The Hall–Kier alpha value is -9.79. The van der Waals surface area contributed by atoms with Crippen LogP contribution >= 0.6 is 0 Å². The zero-order valence-electron chi connectivity index (χ0n) is 36.7. The van der Waals surface area contributed by atoms with Crippen LogP contribution in [0.2, 0.25) is 0 Å². The Morgan fingerprint density at radius 1 is 0.614 bits per heavy atom. The number of hydrogen-bond donors (Lipinski definition) is 7. The molecule has 0 aliphatic carbocycles. The van der Waals surface area contributed by atoms with Crippen LogP contribution in [0.3, 0.4) is 0 Å². The molecule has 0 saturated heterocycles. The Balaban J connectivity index is 0.981. The summed E-state index contributed by atoms with van der Waals surface area (Å²) in [5.41, 5.74) is 5.78. The molecule has 0 unspecified atom stereocenters. The van der Waals surface area contributed by atoms with Crippen molar-refractivity contribution in [1.82, 2.24) is 65.2 Å². The minimum atomic E-state index is -4.73. The molecule has 0 radical (unpaired) electrons. The molecule has 344 valence electrons. The molecule has 11 rings (SSSR count). The minimum absolute atomic E-state index is 0.0306. The zero-order valence-corrected chi connectivity index (χ0v) is 36.7. The van der Waals surface area contributed by atoms with E-state index in [0.29, 0.717) is 74.3 Å². The van der Waals surface area contributed by atoms with Gasteiger partial charge in [0.2, 0.25) is 0 Å². The Kier molecular flexibility index (Phi) is 10.5. The highest BCUT2D eigenvalue weighted by Gasteiger charge is 2.34. The van der Waals surface area contributed by atoms with Crippen molar-refractivity contribution in [3.05, 3.63) is 151 Å². The fourth-order valence-electron chi connectivity index (χ4n) is 7.87. The van der Waals surface area contributed by atoms with E-state index in [4.69, 9.17) is 19.9 Å². The van der Waals surface area contributed by atoms with Crippen LogP contribution in [-0.2, 0) is 6.18 Å². The fraction of sp³-hybridized carbons (Fsp3) is 0.0612. The number of carbonyl (C=O) groups excluding carboxylic acids is 2. The van der Waals surface area contributed by atoms with E-state index in [2.05, 4.69) is 56.3 Å². The largest absolute Gasteiger partial charge is 0.419 e. The molecule has 0 bridgehead atoms. The van der Waals surface area contributed by atoms with Crippen LogP contribution in [0.25, 0.3) is 78.1 Å². The molecule has 70 heavy (non-hydrogen) atoms. The second-order valence-corrected chi connectivity index (χ2v) is 16.3. The Bertz CT molecular complexity index is 3800. The number of hydrogen-bond acceptors (Lipinski definition) is 12. The second-order valence-electron chi connectivity index (χ2n) is 16.3. The third-order valence-electron chi connectivity index (χ3n) is 11.3. The molecule has 0 atom stereocenters. The highest BCUT2D eigenvalue weighted by atomic mass is 19.4. The van der Waals surface area contributed by atoms with Crippen molar-refractivity contribution in [2.24, 2.45) is 0 Å². The summed E-state index contributed by atoms with van der Waals surface area (Å²) >= 11 is 0. The van der Waals surface area contributed by atoms with Crippen LogP contribution in [0.5, 0.6) is 0 Å². The van der Waals surface area contributed by atoms with Crippen molar-refractivity contribution in [3.63, 3.8) is 0 Å². The monoisotopic (exact) mass is 936 g/mol. The number of H-pyrrole nitrogens is 4. The lowest BCUT2D eigenvalue weighted by Crippen LogP contribution is -2.21. The average molecular weight is 937 g/mol. The molecule has 0 aliphatic heterocycles. The van der Waals surface area contributed by atoms with E-state index < -0.39 is 23.3 Å². The minimum Gasteiger partial charge on any atom is -0.351 e. The Labute approximate surface area is 392 Å². The van der Waals surface area contributed by atoms with Crippen molar-refractivity contribution >= 4 is 73.2 Å². The lowest BCUT2D eigenvalue weighted by Gasteiger charge is -2.15. The molecule has 11 aromatic rings. The Morgan fingerprint density at radius 2 is 1.39 bits per heavy atom. The molecule has 21 heteroatoms. The van der Waals surface area contributed by atoms with Gasteiger partial charge in [0, 0.05) is 94.5 Å². The summed E-state index contributed by atoms with van der Waals surface area (Å²) in [7, 11) is 3.39. The number of halogens is 3. The molecule has 0 saturated carbocycles. The molecule has 2 amide bonds. The lowest BCUT2D eigenvalue weighted by molar-refractivity contribution is -0.137. The summed E-state index contributed by atoms with van der Waals surface area (Å²) in [4.78, 5) is 61.9. The molecular formula is C49H35F3N16O2. The van der Waals surface area contributed by atoms with Crippen LogP contribution in [-0.4, -0.2) is 91.1 Å². The van der Waals surface area contributed by atoms with Gasteiger partial charge in [0.1, 0.15) is 28.7 Å². The number of aromatic nitrogens is 12. The van der Waals surface area contributed by atoms with Crippen LogP contribution < -0.4 is 16.0 Å². The summed E-state index contributed by atoms with van der Waals surface area (Å²) in [5, 5.41) is 25.7. The zero-order chi connectivity index (χ0) is 48.1. The summed E-state index contributed by atoms with van der Waals surface area (Å²) in [6.45, 7) is 0. The number of alkyl halides is 3. The van der Waals surface area contributed by atoms with Gasteiger partial charge >= 0.3 is 6.18 Å². The summed E-state index contributed by atoms with van der Waals surface area (Å²) in [6.07, 6.45) is 3.85. The van der Waals surface area contributed by atoms with Crippen LogP contribution in [0.4, 0.5) is 41.9 Å². The van der Waals surface area contributed by atoms with Gasteiger partial charge in [-0.1, -0.05) is 24.3 Å². The van der Waals surface area contributed by atoms with Gasteiger partial charge in [-0.15, -0.1) is 0 Å². The molecular weight excluding hydrogens is 902 g/mol. The quantitative estimate of drug-likeness (QED) is 0.0641. The molecule has 7 N–H and O–H groups in total. The van der Waals surface area contributed by atoms with E-state index in [1.165, 1.54) is 11.1 Å². The molecule has 18 nitrogen and oxygen atoms in total. The average Bonchev–Trinajstić information content (AvgIpc) is 4.21. The van der Waals surface area contributed by atoms with Crippen molar-refractivity contribution in [3.8, 4) is 45.4 Å². The molecule has 8 aromatic heterocycles. The maximum Gasteiger partial charge on any atom is 0.419 e. The van der Waals surface area contributed by atoms with Gasteiger partial charge < -0.3 is 30.8 Å². The summed E-state index contributed by atoms with van der Waals surface area (Å²) in [6, 6.07) is 28.3. The molecule has 0 spiro atoms. The third kappa shape index (κ3) is 8.44. The predicted octanol–water partition coefficient (Wildman–Crippen LogP) is 9.75. The number of carbonyl (C=O) groups is 2. The third-order valence-corrected chi connectivity index (χ3v) is 11.3.